The van der Waals surface area contributed by atoms with E-state index in [4.69, 9.17) is 4.74 Å². The highest BCUT2D eigenvalue weighted by Crippen LogP contribution is 2.31. The molecule has 5 rings (SSSR count). The average molecular weight is 459 g/mol. The number of cyclic esters (lactones) is 1. The molecule has 172 valence electrons. The molecule has 2 amide bonds. The first kappa shape index (κ1) is 21.6. The minimum absolute atomic E-state index is 0.265. The van der Waals surface area contributed by atoms with Crippen LogP contribution in [0.5, 0.6) is 0 Å². The van der Waals surface area contributed by atoms with Gasteiger partial charge in [0.25, 0.3) is 5.91 Å². The molecule has 0 radical (unpaired) electrons. The summed E-state index contributed by atoms with van der Waals surface area (Å²) in [6, 6.07) is 12.4. The highest BCUT2D eigenvalue weighted by Gasteiger charge is 2.22. The third-order valence-corrected chi connectivity index (χ3v) is 5.80. The van der Waals surface area contributed by atoms with Crippen LogP contribution in [0, 0.1) is 12.7 Å². The van der Waals surface area contributed by atoms with Gasteiger partial charge in [-0.1, -0.05) is 6.07 Å². The number of aryl methyl sites for hydroxylation is 1. The van der Waals surface area contributed by atoms with E-state index in [1.807, 2.05) is 30.5 Å². The van der Waals surface area contributed by atoms with E-state index < -0.39 is 0 Å². The second-order valence-electron chi connectivity index (χ2n) is 8.01. The lowest BCUT2D eigenvalue weighted by molar-refractivity contribution is 0.0943. The number of ether oxygens (including phenoxy) is 1. The van der Waals surface area contributed by atoms with Gasteiger partial charge in [0.05, 0.1) is 18.4 Å². The highest BCUT2D eigenvalue weighted by molar-refractivity contribution is 5.93. The number of rotatable bonds is 6. The van der Waals surface area contributed by atoms with Crippen molar-refractivity contribution in [3.63, 3.8) is 0 Å². The summed E-state index contributed by atoms with van der Waals surface area (Å²) in [5.74, 6) is -0.559. The Labute approximate surface area is 195 Å². The van der Waals surface area contributed by atoms with Crippen molar-refractivity contribution < 1.29 is 18.7 Å². The fraction of sp³-hybridized carbons (Fsp3) is 0.200. The number of benzene rings is 1. The van der Waals surface area contributed by atoms with Gasteiger partial charge in [0, 0.05) is 42.2 Å². The monoisotopic (exact) mass is 459 g/mol. The van der Waals surface area contributed by atoms with Crippen molar-refractivity contribution in [2.75, 3.05) is 26.2 Å². The second-order valence-corrected chi connectivity index (χ2v) is 8.01. The van der Waals surface area contributed by atoms with Gasteiger partial charge in [-0.2, -0.15) is 0 Å². The first-order chi connectivity index (χ1) is 16.5. The Bertz CT molecular complexity index is 1400. The summed E-state index contributed by atoms with van der Waals surface area (Å²) in [5.41, 5.74) is 4.75. The predicted molar refractivity (Wildman–Crippen MR) is 124 cm³/mol. The van der Waals surface area contributed by atoms with Crippen LogP contribution in [-0.4, -0.2) is 57.5 Å². The van der Waals surface area contributed by atoms with Gasteiger partial charge >= 0.3 is 6.09 Å². The zero-order chi connectivity index (χ0) is 23.7. The maximum Gasteiger partial charge on any atom is 0.409 e. The Morgan fingerprint density at radius 3 is 2.82 bits per heavy atom. The molecular formula is C25H22FN5O3. The lowest BCUT2D eigenvalue weighted by Gasteiger charge is -2.13. The molecule has 1 aliphatic rings. The number of carbonyl (C=O) groups is 2. The SMILES string of the molecule is Cc1cc(-c2ncccc2-c2ccc3ncc(C(=O)NCCN4CCOC4=O)n3c2)ccc1F. The molecule has 0 aliphatic carbocycles. The molecule has 4 aromatic rings. The van der Waals surface area contributed by atoms with E-state index in [0.717, 1.165) is 16.7 Å². The number of imidazole rings is 1. The van der Waals surface area contributed by atoms with Crippen LogP contribution < -0.4 is 5.32 Å². The summed E-state index contributed by atoms with van der Waals surface area (Å²) >= 11 is 0. The molecule has 8 nitrogen and oxygen atoms in total. The number of hydrogen-bond acceptors (Lipinski definition) is 5. The standard InChI is InChI=1S/C25H22FN5O3/c1-16-13-17(4-6-20(16)26)23-19(3-2-8-27-23)18-5-7-22-29-14-21(31(22)15-18)24(32)28-9-10-30-11-12-34-25(30)33/h2-8,13-15H,9-12H2,1H3,(H,28,32). The van der Waals surface area contributed by atoms with Crippen LogP contribution in [0.25, 0.3) is 28.0 Å². The van der Waals surface area contributed by atoms with Crippen LogP contribution in [0.4, 0.5) is 9.18 Å². The number of halogens is 1. The maximum atomic E-state index is 13.8. The van der Waals surface area contributed by atoms with E-state index in [1.165, 1.54) is 12.3 Å². The van der Waals surface area contributed by atoms with E-state index >= 15 is 0 Å². The van der Waals surface area contributed by atoms with E-state index in [2.05, 4.69) is 15.3 Å². The molecule has 9 heteroatoms. The molecule has 0 atom stereocenters. The molecule has 0 unspecified atom stereocenters. The van der Waals surface area contributed by atoms with Crippen LogP contribution in [0.1, 0.15) is 16.1 Å². The number of aromatic nitrogens is 3. The maximum absolute atomic E-state index is 13.8. The Morgan fingerprint density at radius 1 is 1.18 bits per heavy atom. The van der Waals surface area contributed by atoms with Crippen molar-refractivity contribution in [3.8, 4) is 22.4 Å². The number of hydrogen-bond donors (Lipinski definition) is 1. The Hall–Kier alpha value is -4.27. The molecule has 3 aromatic heterocycles. The van der Waals surface area contributed by atoms with Gasteiger partial charge in [-0.3, -0.25) is 14.2 Å². The van der Waals surface area contributed by atoms with Crippen molar-refractivity contribution in [2.24, 2.45) is 0 Å². The largest absolute Gasteiger partial charge is 0.448 e. The van der Waals surface area contributed by atoms with Gasteiger partial charge in [-0.15, -0.1) is 0 Å². The first-order valence-electron chi connectivity index (χ1n) is 10.9. The normalized spacial score (nSPS) is 13.4. The summed E-state index contributed by atoms with van der Waals surface area (Å²) in [6.07, 6.45) is 4.69. The zero-order valence-corrected chi connectivity index (χ0v) is 18.5. The minimum Gasteiger partial charge on any atom is -0.448 e. The lowest BCUT2D eigenvalue weighted by Crippen LogP contribution is -2.35. The quantitative estimate of drug-likeness (QED) is 0.475. The van der Waals surface area contributed by atoms with Crippen molar-refractivity contribution in [2.45, 2.75) is 6.92 Å². The third-order valence-electron chi connectivity index (χ3n) is 5.80. The van der Waals surface area contributed by atoms with Gasteiger partial charge in [-0.05, 0) is 48.9 Å². The zero-order valence-electron chi connectivity index (χ0n) is 18.5. The molecule has 4 heterocycles. The molecule has 1 aromatic carbocycles. The molecule has 1 fully saturated rings. The van der Waals surface area contributed by atoms with Crippen molar-refractivity contribution in [1.29, 1.82) is 0 Å². The summed E-state index contributed by atoms with van der Waals surface area (Å²) in [6.45, 7) is 3.29. The van der Waals surface area contributed by atoms with E-state index in [0.29, 0.717) is 48.8 Å². The van der Waals surface area contributed by atoms with Crippen molar-refractivity contribution >= 4 is 17.6 Å². The summed E-state index contributed by atoms with van der Waals surface area (Å²) in [5, 5.41) is 2.84. The van der Waals surface area contributed by atoms with E-state index in [9.17, 15) is 14.0 Å². The van der Waals surface area contributed by atoms with Gasteiger partial charge < -0.3 is 15.0 Å². The number of nitrogens with one attached hydrogen (secondary N) is 1. The number of nitrogens with zero attached hydrogens (tertiary/aromatic N) is 4. The van der Waals surface area contributed by atoms with Crippen LogP contribution in [0.2, 0.25) is 0 Å². The van der Waals surface area contributed by atoms with Crippen molar-refractivity contribution in [1.82, 2.24) is 24.6 Å². The van der Waals surface area contributed by atoms with Gasteiger partial charge in [0.2, 0.25) is 0 Å². The van der Waals surface area contributed by atoms with Crippen molar-refractivity contribution in [3.05, 3.63) is 78.1 Å². The molecule has 1 aliphatic heterocycles. The molecular weight excluding hydrogens is 437 g/mol. The molecule has 0 spiro atoms. The summed E-state index contributed by atoms with van der Waals surface area (Å²) < 4.78 is 20.4. The number of fused-ring (bicyclic) bond motifs is 1. The average Bonchev–Trinajstić information content (AvgIpc) is 3.46. The third kappa shape index (κ3) is 4.07. The fourth-order valence-corrected chi connectivity index (χ4v) is 3.99. The number of pyridine rings is 2. The minimum atomic E-state index is -0.364. The van der Waals surface area contributed by atoms with Crippen LogP contribution >= 0.6 is 0 Å². The summed E-state index contributed by atoms with van der Waals surface area (Å²) in [7, 11) is 0. The van der Waals surface area contributed by atoms with Gasteiger partial charge in [-0.25, -0.2) is 14.2 Å². The second kappa shape index (κ2) is 8.93. The molecule has 1 saturated heterocycles. The molecule has 1 N–H and O–H groups in total. The number of amides is 2. The summed E-state index contributed by atoms with van der Waals surface area (Å²) in [4.78, 5) is 34.8. The Morgan fingerprint density at radius 2 is 2.03 bits per heavy atom. The van der Waals surface area contributed by atoms with E-state index in [1.54, 1.807) is 34.6 Å². The van der Waals surface area contributed by atoms with Crippen LogP contribution in [0.15, 0.2) is 61.1 Å². The van der Waals surface area contributed by atoms with Crippen LogP contribution in [-0.2, 0) is 4.74 Å². The molecule has 0 saturated carbocycles. The molecule has 0 bridgehead atoms. The highest BCUT2D eigenvalue weighted by atomic mass is 19.1. The van der Waals surface area contributed by atoms with Crippen LogP contribution in [0.3, 0.4) is 0 Å². The first-order valence-corrected chi connectivity index (χ1v) is 10.9. The smallest absolute Gasteiger partial charge is 0.409 e. The molecule has 34 heavy (non-hydrogen) atoms. The van der Waals surface area contributed by atoms with E-state index in [-0.39, 0.29) is 17.8 Å². The lowest BCUT2D eigenvalue weighted by atomic mass is 9.99. The van der Waals surface area contributed by atoms with Gasteiger partial charge in [0.15, 0.2) is 0 Å². The fourth-order valence-electron chi connectivity index (χ4n) is 3.99. The predicted octanol–water partition coefficient (Wildman–Crippen LogP) is 3.69. The van der Waals surface area contributed by atoms with Gasteiger partial charge in [0.1, 0.15) is 23.8 Å². The topological polar surface area (TPSA) is 88.8 Å². The Kier molecular flexibility index (Phi) is 5.67. The number of carbonyl (C=O) groups excluding carboxylic acids is 2. The Balaban J connectivity index is 1.43.